The smallest absolute Gasteiger partial charge is 0.227 e. The molecule has 154 valence electrons. The molecule has 0 saturated carbocycles. The number of aryl methyl sites for hydroxylation is 3. The maximum absolute atomic E-state index is 13.0. The van der Waals surface area contributed by atoms with E-state index in [2.05, 4.69) is 27.3 Å². The average Bonchev–Trinajstić information content (AvgIpc) is 3.36. The zero-order valence-corrected chi connectivity index (χ0v) is 16.8. The first-order valence-electron chi connectivity index (χ1n) is 9.90. The van der Waals surface area contributed by atoms with E-state index in [4.69, 9.17) is 4.52 Å². The fourth-order valence-corrected chi connectivity index (χ4v) is 3.01. The Balaban J connectivity index is 1.40. The fourth-order valence-electron chi connectivity index (χ4n) is 3.01. The van der Waals surface area contributed by atoms with Crippen LogP contribution in [-0.2, 0) is 24.1 Å². The van der Waals surface area contributed by atoms with E-state index in [9.17, 15) is 9.18 Å². The van der Waals surface area contributed by atoms with Gasteiger partial charge >= 0.3 is 0 Å². The van der Waals surface area contributed by atoms with Gasteiger partial charge in [-0.25, -0.2) is 4.39 Å². The number of hydrogen-bond donors (Lipinski definition) is 1. The number of rotatable bonds is 10. The van der Waals surface area contributed by atoms with E-state index < -0.39 is 0 Å². The third kappa shape index (κ3) is 5.97. The SMILES string of the molecule is CCCc1noc(CCC(=O)N(C)CCCc2cc(-c3ccc(F)cc3)n[nH]2)n1. The third-order valence-electron chi connectivity index (χ3n) is 4.67. The molecule has 0 fully saturated rings. The second-order valence-corrected chi connectivity index (χ2v) is 7.06. The molecule has 0 aliphatic carbocycles. The third-order valence-corrected chi connectivity index (χ3v) is 4.67. The topological polar surface area (TPSA) is 87.9 Å². The molecule has 2 aromatic heterocycles. The Kier molecular flexibility index (Phi) is 7.10. The van der Waals surface area contributed by atoms with Crippen LogP contribution in [-0.4, -0.2) is 44.7 Å². The highest BCUT2D eigenvalue weighted by Crippen LogP contribution is 2.18. The standard InChI is InChI=1S/C21H26FN5O2/c1-3-5-19-23-20(29-26-19)11-12-21(28)27(2)13-4-6-17-14-18(25-24-17)15-7-9-16(22)10-8-15/h7-10,14H,3-6,11-13H2,1-2H3,(H,24,25). The second-order valence-electron chi connectivity index (χ2n) is 7.06. The van der Waals surface area contributed by atoms with Crippen LogP contribution in [0.5, 0.6) is 0 Å². The van der Waals surface area contributed by atoms with E-state index in [1.54, 1.807) is 24.1 Å². The van der Waals surface area contributed by atoms with E-state index >= 15 is 0 Å². The molecule has 3 rings (SSSR count). The van der Waals surface area contributed by atoms with Gasteiger partial charge in [-0.1, -0.05) is 12.1 Å². The lowest BCUT2D eigenvalue weighted by atomic mass is 10.1. The molecule has 0 radical (unpaired) electrons. The number of nitrogens with one attached hydrogen (secondary N) is 1. The van der Waals surface area contributed by atoms with Gasteiger partial charge in [-0.05, 0) is 49.6 Å². The molecule has 1 amide bonds. The zero-order valence-electron chi connectivity index (χ0n) is 16.8. The number of carbonyl (C=O) groups excluding carboxylic acids is 1. The van der Waals surface area contributed by atoms with Gasteiger partial charge in [0.15, 0.2) is 5.82 Å². The molecule has 0 saturated heterocycles. The molecular formula is C21H26FN5O2. The highest BCUT2D eigenvalue weighted by atomic mass is 19.1. The number of halogens is 1. The monoisotopic (exact) mass is 399 g/mol. The molecule has 29 heavy (non-hydrogen) atoms. The number of carbonyl (C=O) groups is 1. The van der Waals surface area contributed by atoms with Crippen LogP contribution in [0.3, 0.4) is 0 Å². The zero-order chi connectivity index (χ0) is 20.6. The quantitative estimate of drug-likeness (QED) is 0.563. The van der Waals surface area contributed by atoms with Crippen LogP contribution in [0.1, 0.15) is 43.6 Å². The number of hydrogen-bond acceptors (Lipinski definition) is 5. The molecule has 1 N–H and O–H groups in total. The summed E-state index contributed by atoms with van der Waals surface area (Å²) in [6, 6.07) is 8.21. The van der Waals surface area contributed by atoms with Crippen LogP contribution in [0.2, 0.25) is 0 Å². The minimum absolute atomic E-state index is 0.0526. The molecule has 0 bridgehead atoms. The average molecular weight is 399 g/mol. The van der Waals surface area contributed by atoms with Crippen molar-refractivity contribution in [1.29, 1.82) is 0 Å². The van der Waals surface area contributed by atoms with Crippen LogP contribution in [0, 0.1) is 5.82 Å². The summed E-state index contributed by atoms with van der Waals surface area (Å²) in [5.41, 5.74) is 2.63. The van der Waals surface area contributed by atoms with Gasteiger partial charge in [0, 0.05) is 44.1 Å². The summed E-state index contributed by atoms with van der Waals surface area (Å²) in [6.45, 7) is 2.70. The Morgan fingerprint density at radius 1 is 1.21 bits per heavy atom. The summed E-state index contributed by atoms with van der Waals surface area (Å²) >= 11 is 0. The van der Waals surface area contributed by atoms with Crippen molar-refractivity contribution in [3.8, 4) is 11.3 Å². The number of amides is 1. The predicted molar refractivity (Wildman–Crippen MR) is 107 cm³/mol. The maximum Gasteiger partial charge on any atom is 0.227 e. The van der Waals surface area contributed by atoms with Crippen LogP contribution in [0.25, 0.3) is 11.3 Å². The van der Waals surface area contributed by atoms with Crippen molar-refractivity contribution in [2.24, 2.45) is 0 Å². The fraction of sp³-hybridized carbons (Fsp3) is 0.429. The van der Waals surface area contributed by atoms with Gasteiger partial charge in [0.2, 0.25) is 11.8 Å². The van der Waals surface area contributed by atoms with E-state index in [1.807, 2.05) is 6.07 Å². The van der Waals surface area contributed by atoms with Gasteiger partial charge in [-0.2, -0.15) is 10.1 Å². The van der Waals surface area contributed by atoms with Crippen molar-refractivity contribution in [3.05, 3.63) is 53.6 Å². The first-order chi connectivity index (χ1) is 14.0. The number of benzene rings is 1. The van der Waals surface area contributed by atoms with E-state index in [0.717, 1.165) is 42.6 Å². The van der Waals surface area contributed by atoms with Gasteiger partial charge in [0.1, 0.15) is 5.82 Å². The molecule has 7 nitrogen and oxygen atoms in total. The van der Waals surface area contributed by atoms with E-state index in [-0.39, 0.29) is 11.7 Å². The van der Waals surface area contributed by atoms with Crippen molar-refractivity contribution in [2.75, 3.05) is 13.6 Å². The van der Waals surface area contributed by atoms with Gasteiger partial charge in [0.25, 0.3) is 0 Å². The van der Waals surface area contributed by atoms with Gasteiger partial charge < -0.3 is 9.42 Å². The summed E-state index contributed by atoms with van der Waals surface area (Å²) in [4.78, 5) is 18.3. The highest BCUT2D eigenvalue weighted by Gasteiger charge is 2.12. The lowest BCUT2D eigenvalue weighted by Crippen LogP contribution is -2.28. The minimum atomic E-state index is -0.266. The first kappa shape index (κ1) is 20.7. The molecule has 0 unspecified atom stereocenters. The summed E-state index contributed by atoms with van der Waals surface area (Å²) in [5, 5.41) is 11.2. The van der Waals surface area contributed by atoms with Gasteiger partial charge in [0.05, 0.1) is 5.69 Å². The lowest BCUT2D eigenvalue weighted by molar-refractivity contribution is -0.130. The summed E-state index contributed by atoms with van der Waals surface area (Å²) in [6.07, 6.45) is 4.14. The Morgan fingerprint density at radius 3 is 2.76 bits per heavy atom. The van der Waals surface area contributed by atoms with E-state index in [1.165, 1.54) is 12.1 Å². The lowest BCUT2D eigenvalue weighted by Gasteiger charge is -2.16. The second kappa shape index (κ2) is 9.95. The first-order valence-corrected chi connectivity index (χ1v) is 9.90. The number of aromatic amines is 1. The largest absolute Gasteiger partial charge is 0.346 e. The van der Waals surface area contributed by atoms with Crippen molar-refractivity contribution in [1.82, 2.24) is 25.2 Å². The van der Waals surface area contributed by atoms with Crippen LogP contribution in [0.15, 0.2) is 34.9 Å². The van der Waals surface area contributed by atoms with Crippen LogP contribution < -0.4 is 0 Å². The van der Waals surface area contributed by atoms with Gasteiger partial charge in [-0.3, -0.25) is 9.89 Å². The van der Waals surface area contributed by atoms with Crippen molar-refractivity contribution in [2.45, 2.75) is 45.4 Å². The van der Waals surface area contributed by atoms with Crippen molar-refractivity contribution >= 4 is 5.91 Å². The predicted octanol–water partition coefficient (Wildman–Crippen LogP) is 3.58. The Bertz CT molecular complexity index is 919. The van der Waals surface area contributed by atoms with Gasteiger partial charge in [-0.15, -0.1) is 0 Å². The summed E-state index contributed by atoms with van der Waals surface area (Å²) in [7, 11) is 1.80. The molecule has 3 aromatic rings. The van der Waals surface area contributed by atoms with Crippen molar-refractivity contribution < 1.29 is 13.7 Å². The molecule has 0 aliphatic rings. The molecule has 0 atom stereocenters. The van der Waals surface area contributed by atoms with E-state index in [0.29, 0.717) is 31.1 Å². The molecular weight excluding hydrogens is 373 g/mol. The number of nitrogens with zero attached hydrogens (tertiary/aromatic N) is 4. The Labute approximate surface area is 169 Å². The normalized spacial score (nSPS) is 11.0. The Hall–Kier alpha value is -3.03. The molecule has 1 aromatic carbocycles. The number of H-pyrrole nitrogens is 1. The highest BCUT2D eigenvalue weighted by molar-refractivity contribution is 5.75. The summed E-state index contributed by atoms with van der Waals surface area (Å²) in [5.74, 6) is 0.999. The minimum Gasteiger partial charge on any atom is -0.346 e. The molecule has 0 aliphatic heterocycles. The molecule has 2 heterocycles. The van der Waals surface area contributed by atoms with Crippen molar-refractivity contribution in [3.63, 3.8) is 0 Å². The summed E-state index contributed by atoms with van der Waals surface area (Å²) < 4.78 is 18.2. The number of aromatic nitrogens is 4. The van der Waals surface area contributed by atoms with Crippen LogP contribution in [0.4, 0.5) is 4.39 Å². The molecule has 0 spiro atoms. The Morgan fingerprint density at radius 2 is 2.00 bits per heavy atom. The maximum atomic E-state index is 13.0. The molecule has 8 heteroatoms. The van der Waals surface area contributed by atoms with Crippen LogP contribution >= 0.6 is 0 Å².